The van der Waals surface area contributed by atoms with Crippen molar-refractivity contribution in [3.63, 3.8) is 0 Å². The third kappa shape index (κ3) is 5.20. The fourth-order valence-electron chi connectivity index (χ4n) is 7.59. The number of fused-ring (bicyclic) bond motifs is 3. The summed E-state index contributed by atoms with van der Waals surface area (Å²) in [5.74, 6) is 0.906. The van der Waals surface area contributed by atoms with E-state index in [1.54, 1.807) is 30.4 Å². The number of nitrogens with one attached hydrogen (secondary N) is 1. The lowest BCUT2D eigenvalue weighted by atomic mass is 10.0. The van der Waals surface area contributed by atoms with E-state index in [4.69, 9.17) is 4.74 Å². The van der Waals surface area contributed by atoms with Crippen LogP contribution in [-0.2, 0) is 37.9 Å². The van der Waals surface area contributed by atoms with Crippen molar-refractivity contribution >= 4 is 28.9 Å². The van der Waals surface area contributed by atoms with Gasteiger partial charge in [0, 0.05) is 68.5 Å². The van der Waals surface area contributed by atoms with Crippen molar-refractivity contribution in [2.75, 3.05) is 48.0 Å². The third-order valence-corrected chi connectivity index (χ3v) is 10.2. The largest absolute Gasteiger partial charge is 0.392 e. The summed E-state index contributed by atoms with van der Waals surface area (Å²) in [5.41, 5.74) is 6.13. The van der Waals surface area contributed by atoms with Crippen LogP contribution in [0.25, 0.3) is 11.1 Å². The van der Waals surface area contributed by atoms with Crippen molar-refractivity contribution < 1.29 is 14.6 Å². The first-order valence-corrected chi connectivity index (χ1v) is 16.5. The van der Waals surface area contributed by atoms with E-state index >= 15 is 0 Å². The van der Waals surface area contributed by atoms with Crippen LogP contribution in [0, 0.1) is 0 Å². The Morgan fingerprint density at radius 3 is 2.66 bits per heavy atom. The van der Waals surface area contributed by atoms with Gasteiger partial charge in [0.15, 0.2) is 0 Å². The summed E-state index contributed by atoms with van der Waals surface area (Å²) in [5, 5.41) is 13.8. The van der Waals surface area contributed by atoms with E-state index in [9.17, 15) is 14.7 Å². The fourth-order valence-corrected chi connectivity index (χ4v) is 7.59. The van der Waals surface area contributed by atoms with E-state index in [2.05, 4.69) is 36.6 Å². The Morgan fingerprint density at radius 1 is 1.04 bits per heavy atom. The van der Waals surface area contributed by atoms with Crippen LogP contribution in [0.15, 0.2) is 53.7 Å². The number of hydrogen-bond donors (Lipinski definition) is 2. The molecule has 4 aromatic rings. The van der Waals surface area contributed by atoms with Crippen LogP contribution in [0.1, 0.15) is 47.1 Å². The highest BCUT2D eigenvalue weighted by Crippen LogP contribution is 2.37. The molecule has 244 valence electrons. The van der Waals surface area contributed by atoms with E-state index in [1.165, 1.54) is 10.3 Å². The van der Waals surface area contributed by atoms with Crippen LogP contribution in [-0.4, -0.2) is 79.9 Å². The zero-order valence-corrected chi connectivity index (χ0v) is 26.9. The average Bonchev–Trinajstić information content (AvgIpc) is 3.58. The minimum absolute atomic E-state index is 0.0946. The van der Waals surface area contributed by atoms with Gasteiger partial charge in [-0.05, 0) is 62.1 Å². The first-order valence-electron chi connectivity index (χ1n) is 16.5. The van der Waals surface area contributed by atoms with Crippen molar-refractivity contribution in [3.05, 3.63) is 81.8 Å². The lowest BCUT2D eigenvalue weighted by Crippen LogP contribution is -2.59. The fraction of sp³-hybridized carbons (Fsp3) is 0.429. The Kier molecular flexibility index (Phi) is 7.58. The molecule has 2 saturated heterocycles. The van der Waals surface area contributed by atoms with Crippen molar-refractivity contribution in [2.24, 2.45) is 7.05 Å². The molecule has 0 aromatic carbocycles. The molecule has 4 aliphatic rings. The number of aromatic nitrogens is 4. The summed E-state index contributed by atoms with van der Waals surface area (Å²) >= 11 is 0. The van der Waals surface area contributed by atoms with Crippen LogP contribution in [0.2, 0.25) is 0 Å². The molecule has 47 heavy (non-hydrogen) atoms. The Balaban J connectivity index is 1.04. The minimum Gasteiger partial charge on any atom is -0.392 e. The molecule has 12 nitrogen and oxygen atoms in total. The quantitative estimate of drug-likeness (QED) is 0.315. The molecule has 8 heterocycles. The van der Waals surface area contributed by atoms with Gasteiger partial charge in [0.1, 0.15) is 17.3 Å². The van der Waals surface area contributed by atoms with Gasteiger partial charge in [-0.25, -0.2) is 9.97 Å². The number of nitrogens with zero attached hydrogens (tertiary/aromatic N) is 7. The molecule has 1 amide bonds. The van der Waals surface area contributed by atoms with Crippen LogP contribution in [0.5, 0.6) is 0 Å². The van der Waals surface area contributed by atoms with Gasteiger partial charge >= 0.3 is 0 Å². The zero-order chi connectivity index (χ0) is 32.2. The van der Waals surface area contributed by atoms with Gasteiger partial charge in [-0.2, -0.15) is 0 Å². The van der Waals surface area contributed by atoms with E-state index in [1.807, 2.05) is 30.5 Å². The second-order valence-electron chi connectivity index (χ2n) is 13.1. The molecule has 4 aliphatic heterocycles. The highest BCUT2D eigenvalue weighted by Gasteiger charge is 2.36. The molecule has 2 fully saturated rings. The average molecular weight is 637 g/mol. The number of carbonyl (C=O) groups is 1. The number of carbonyl (C=O) groups excluding carboxylic acids is 1. The number of aliphatic hydroxyl groups excluding tert-OH is 1. The number of rotatable bonds is 7. The molecule has 0 unspecified atom stereocenters. The van der Waals surface area contributed by atoms with Crippen LogP contribution >= 0.6 is 0 Å². The Hall–Kier alpha value is -4.52. The monoisotopic (exact) mass is 636 g/mol. The van der Waals surface area contributed by atoms with Gasteiger partial charge < -0.3 is 29.2 Å². The Labute approximate surface area is 273 Å². The zero-order valence-electron chi connectivity index (χ0n) is 26.9. The van der Waals surface area contributed by atoms with E-state index in [0.717, 1.165) is 75.6 Å². The lowest BCUT2D eigenvalue weighted by molar-refractivity contribution is -0.0691. The third-order valence-electron chi connectivity index (χ3n) is 10.2. The summed E-state index contributed by atoms with van der Waals surface area (Å²) in [4.78, 5) is 42.6. The number of aliphatic hydroxyl groups is 1. The van der Waals surface area contributed by atoms with Crippen molar-refractivity contribution in [1.29, 1.82) is 0 Å². The molecule has 0 aliphatic carbocycles. The first kappa shape index (κ1) is 29.9. The van der Waals surface area contributed by atoms with E-state index < -0.39 is 0 Å². The summed E-state index contributed by atoms with van der Waals surface area (Å²) in [6, 6.07) is 10.4. The number of ether oxygens (including phenoxy) is 1. The van der Waals surface area contributed by atoms with Gasteiger partial charge in [0.25, 0.3) is 11.5 Å². The Morgan fingerprint density at radius 2 is 1.91 bits per heavy atom. The smallest absolute Gasteiger partial charge is 0.274 e. The van der Waals surface area contributed by atoms with Crippen molar-refractivity contribution in [1.82, 2.24) is 24.0 Å². The lowest BCUT2D eigenvalue weighted by Gasteiger charge is -2.46. The van der Waals surface area contributed by atoms with Crippen molar-refractivity contribution in [2.45, 2.75) is 58.0 Å². The molecule has 1 atom stereocenters. The topological polar surface area (TPSA) is 121 Å². The van der Waals surface area contributed by atoms with Gasteiger partial charge in [-0.15, -0.1) is 0 Å². The van der Waals surface area contributed by atoms with Crippen LogP contribution < -0.4 is 20.7 Å². The first-order chi connectivity index (χ1) is 22.9. The van der Waals surface area contributed by atoms with Crippen LogP contribution in [0.4, 0.5) is 23.0 Å². The highest BCUT2D eigenvalue weighted by atomic mass is 16.5. The molecule has 0 bridgehead atoms. The highest BCUT2D eigenvalue weighted by molar-refractivity contribution is 6.10. The van der Waals surface area contributed by atoms with Crippen molar-refractivity contribution in [3.8, 4) is 11.1 Å². The minimum atomic E-state index is -0.312. The SMILES string of the molecule is C[C@H]1CN(C2COC2)CCN1c1ccc(Nc2cc(-c3ccnc(N4Cc5c(cc6n5CCCC6)C4=O)c3CO)cn(C)c2=O)nc1. The maximum Gasteiger partial charge on any atom is 0.274 e. The molecular formula is C35H40N8O4. The van der Waals surface area contributed by atoms with E-state index in [-0.39, 0.29) is 18.1 Å². The Bertz CT molecular complexity index is 1900. The van der Waals surface area contributed by atoms with Gasteiger partial charge in [-0.3, -0.25) is 19.4 Å². The predicted molar refractivity (Wildman–Crippen MR) is 179 cm³/mol. The molecular weight excluding hydrogens is 596 g/mol. The summed E-state index contributed by atoms with van der Waals surface area (Å²) in [6.07, 6.45) is 8.49. The molecule has 4 aromatic heterocycles. The van der Waals surface area contributed by atoms with Crippen LogP contribution in [0.3, 0.4) is 0 Å². The maximum atomic E-state index is 13.6. The molecule has 8 rings (SSSR count). The molecule has 0 spiro atoms. The molecule has 12 heteroatoms. The number of hydrogen-bond acceptors (Lipinski definition) is 9. The summed E-state index contributed by atoms with van der Waals surface area (Å²) < 4.78 is 9.18. The van der Waals surface area contributed by atoms with Gasteiger partial charge in [0.2, 0.25) is 0 Å². The normalized spacial score (nSPS) is 19.9. The molecule has 0 radical (unpaired) electrons. The molecule has 0 saturated carbocycles. The predicted octanol–water partition coefficient (Wildman–Crippen LogP) is 3.29. The second-order valence-corrected chi connectivity index (χ2v) is 13.1. The number of anilines is 4. The maximum absolute atomic E-state index is 13.6. The standard InChI is InChI=1S/C35H40N8O4/c1-22-16-40(26-20-47-21-26)11-12-41(22)25-6-7-32(37-15-25)38-30-13-23(17-39(2)35(30)46)27-8-9-36-33(29(27)19-44)43-18-31-28(34(43)45)14-24-5-3-4-10-42(24)31/h6-9,13-15,17,22,26,44H,3-5,10-12,16,18-21H2,1-2H3,(H,37,38)/t22-/m0/s1. The second kappa shape index (κ2) is 11.9. The van der Waals surface area contributed by atoms with Gasteiger partial charge in [0.05, 0.1) is 55.5 Å². The summed E-state index contributed by atoms with van der Waals surface area (Å²) in [6.45, 7) is 7.83. The van der Waals surface area contributed by atoms with Gasteiger partial charge in [-0.1, -0.05) is 0 Å². The number of aryl methyl sites for hydroxylation is 2. The number of pyridine rings is 3. The number of amides is 1. The molecule has 2 N–H and O–H groups in total. The van der Waals surface area contributed by atoms with E-state index in [0.29, 0.717) is 52.6 Å². The number of piperazine rings is 1. The summed E-state index contributed by atoms with van der Waals surface area (Å²) in [7, 11) is 1.70.